The number of halogens is 1. The standard InChI is InChI=1S/C13H15ClO2/c1-2-16-13(15)8-4-6-11-5-3-7-12(9-11)10-14/h3-7,9H,2,8,10H2,1H3. The van der Waals surface area contributed by atoms with Gasteiger partial charge in [-0.1, -0.05) is 36.4 Å². The number of ether oxygens (including phenoxy) is 1. The van der Waals surface area contributed by atoms with Crippen LogP contribution < -0.4 is 0 Å². The maximum absolute atomic E-state index is 11.1. The van der Waals surface area contributed by atoms with E-state index in [4.69, 9.17) is 16.3 Å². The average molecular weight is 239 g/mol. The first-order chi connectivity index (χ1) is 7.76. The number of benzene rings is 1. The Labute approximate surface area is 101 Å². The maximum atomic E-state index is 11.1. The maximum Gasteiger partial charge on any atom is 0.309 e. The Morgan fingerprint density at radius 3 is 3.00 bits per heavy atom. The molecule has 0 spiro atoms. The summed E-state index contributed by atoms with van der Waals surface area (Å²) in [5, 5.41) is 0. The molecule has 2 nitrogen and oxygen atoms in total. The number of carbonyl (C=O) groups is 1. The summed E-state index contributed by atoms with van der Waals surface area (Å²) >= 11 is 5.73. The summed E-state index contributed by atoms with van der Waals surface area (Å²) in [7, 11) is 0. The van der Waals surface area contributed by atoms with Crippen molar-refractivity contribution in [3.8, 4) is 0 Å². The molecule has 1 aromatic carbocycles. The normalized spacial score (nSPS) is 10.6. The van der Waals surface area contributed by atoms with Crippen molar-refractivity contribution < 1.29 is 9.53 Å². The van der Waals surface area contributed by atoms with Gasteiger partial charge in [-0.15, -0.1) is 11.6 Å². The summed E-state index contributed by atoms with van der Waals surface area (Å²) < 4.78 is 4.81. The van der Waals surface area contributed by atoms with Crippen molar-refractivity contribution in [3.05, 3.63) is 41.5 Å². The van der Waals surface area contributed by atoms with E-state index in [1.54, 1.807) is 13.0 Å². The van der Waals surface area contributed by atoms with E-state index in [-0.39, 0.29) is 5.97 Å². The minimum absolute atomic E-state index is 0.202. The Hall–Kier alpha value is -1.28. The molecule has 0 aromatic heterocycles. The second-order valence-corrected chi connectivity index (χ2v) is 3.56. The molecule has 86 valence electrons. The molecule has 0 saturated heterocycles. The van der Waals surface area contributed by atoms with Gasteiger partial charge in [0.25, 0.3) is 0 Å². The molecule has 0 radical (unpaired) electrons. The molecule has 0 aliphatic carbocycles. The van der Waals surface area contributed by atoms with E-state index >= 15 is 0 Å². The lowest BCUT2D eigenvalue weighted by molar-refractivity contribution is -0.142. The fourth-order valence-electron chi connectivity index (χ4n) is 1.29. The zero-order valence-corrected chi connectivity index (χ0v) is 10.0. The smallest absolute Gasteiger partial charge is 0.309 e. The highest BCUT2D eigenvalue weighted by Gasteiger charge is 1.96. The number of carbonyl (C=O) groups excluding carboxylic acids is 1. The fraction of sp³-hybridized carbons (Fsp3) is 0.308. The Kier molecular flexibility index (Phi) is 5.65. The van der Waals surface area contributed by atoms with Crippen molar-refractivity contribution in [2.45, 2.75) is 19.2 Å². The first kappa shape index (κ1) is 12.8. The average Bonchev–Trinajstić information content (AvgIpc) is 2.30. The highest BCUT2D eigenvalue weighted by Crippen LogP contribution is 2.09. The SMILES string of the molecule is CCOC(=O)CC=Cc1cccc(CCl)c1. The van der Waals surface area contributed by atoms with Crippen LogP contribution in [0.1, 0.15) is 24.5 Å². The van der Waals surface area contributed by atoms with Crippen molar-refractivity contribution in [1.29, 1.82) is 0 Å². The van der Waals surface area contributed by atoms with E-state index in [0.717, 1.165) is 11.1 Å². The molecule has 0 unspecified atom stereocenters. The van der Waals surface area contributed by atoms with Crippen molar-refractivity contribution in [2.24, 2.45) is 0 Å². The van der Waals surface area contributed by atoms with Crippen LogP contribution >= 0.6 is 11.6 Å². The molecule has 0 saturated carbocycles. The zero-order valence-electron chi connectivity index (χ0n) is 9.28. The third kappa shape index (κ3) is 4.49. The summed E-state index contributed by atoms with van der Waals surface area (Å²) in [5.74, 6) is 0.298. The van der Waals surface area contributed by atoms with Crippen LogP contribution in [0.15, 0.2) is 30.3 Å². The molecule has 16 heavy (non-hydrogen) atoms. The van der Waals surface area contributed by atoms with Gasteiger partial charge in [0, 0.05) is 5.88 Å². The third-order valence-electron chi connectivity index (χ3n) is 2.01. The first-order valence-corrected chi connectivity index (χ1v) is 5.76. The quantitative estimate of drug-likeness (QED) is 0.581. The second-order valence-electron chi connectivity index (χ2n) is 3.29. The van der Waals surface area contributed by atoms with E-state index < -0.39 is 0 Å². The molecule has 0 aliphatic rings. The molecular formula is C13H15ClO2. The van der Waals surface area contributed by atoms with E-state index in [1.165, 1.54) is 0 Å². The largest absolute Gasteiger partial charge is 0.466 e. The van der Waals surface area contributed by atoms with Crippen molar-refractivity contribution in [1.82, 2.24) is 0 Å². The molecule has 0 fully saturated rings. The van der Waals surface area contributed by atoms with Gasteiger partial charge in [0.1, 0.15) is 0 Å². The Morgan fingerprint density at radius 2 is 2.31 bits per heavy atom. The van der Waals surface area contributed by atoms with Gasteiger partial charge in [-0.05, 0) is 18.1 Å². The summed E-state index contributed by atoms with van der Waals surface area (Å²) in [6, 6.07) is 7.88. The predicted octanol–water partition coefficient (Wildman–Crippen LogP) is 3.39. The van der Waals surface area contributed by atoms with Gasteiger partial charge in [0.05, 0.1) is 13.0 Å². The van der Waals surface area contributed by atoms with Gasteiger partial charge >= 0.3 is 5.97 Å². The first-order valence-electron chi connectivity index (χ1n) is 5.23. The monoisotopic (exact) mass is 238 g/mol. The van der Waals surface area contributed by atoms with E-state index in [0.29, 0.717) is 18.9 Å². The van der Waals surface area contributed by atoms with Gasteiger partial charge in [-0.3, -0.25) is 4.79 Å². The lowest BCUT2D eigenvalue weighted by Crippen LogP contribution is -2.01. The van der Waals surface area contributed by atoms with Crippen molar-refractivity contribution in [3.63, 3.8) is 0 Å². The second kappa shape index (κ2) is 7.07. The summed E-state index contributed by atoms with van der Waals surface area (Å²) in [6.07, 6.45) is 4.00. The van der Waals surface area contributed by atoms with Crippen LogP contribution in [0.4, 0.5) is 0 Å². The van der Waals surface area contributed by atoms with Crippen LogP contribution in [0.3, 0.4) is 0 Å². The number of hydrogen-bond donors (Lipinski definition) is 0. The lowest BCUT2D eigenvalue weighted by atomic mass is 10.1. The molecule has 0 amide bonds. The summed E-state index contributed by atoms with van der Waals surface area (Å²) in [4.78, 5) is 11.1. The molecule has 1 rings (SSSR count). The molecule has 0 N–H and O–H groups in total. The summed E-state index contributed by atoms with van der Waals surface area (Å²) in [6.45, 7) is 2.22. The predicted molar refractivity (Wildman–Crippen MR) is 66.3 cm³/mol. The topological polar surface area (TPSA) is 26.3 Å². The number of alkyl halides is 1. The van der Waals surface area contributed by atoms with Crippen LogP contribution in [0, 0.1) is 0 Å². The van der Waals surface area contributed by atoms with Crippen LogP contribution in [0.5, 0.6) is 0 Å². The van der Waals surface area contributed by atoms with Crippen molar-refractivity contribution >= 4 is 23.6 Å². The number of esters is 1. The highest BCUT2D eigenvalue weighted by atomic mass is 35.5. The van der Waals surface area contributed by atoms with E-state index in [2.05, 4.69) is 0 Å². The molecule has 0 bridgehead atoms. The molecule has 3 heteroatoms. The van der Waals surface area contributed by atoms with Crippen LogP contribution in [-0.4, -0.2) is 12.6 Å². The number of rotatable bonds is 5. The van der Waals surface area contributed by atoms with E-state index in [9.17, 15) is 4.79 Å². The van der Waals surface area contributed by atoms with E-state index in [1.807, 2.05) is 30.3 Å². The minimum Gasteiger partial charge on any atom is -0.466 e. The number of hydrogen-bond acceptors (Lipinski definition) is 2. The third-order valence-corrected chi connectivity index (χ3v) is 2.31. The molecule has 0 heterocycles. The Balaban J connectivity index is 2.52. The molecule has 0 aliphatic heterocycles. The van der Waals surface area contributed by atoms with Gasteiger partial charge in [-0.25, -0.2) is 0 Å². The summed E-state index contributed by atoms with van der Waals surface area (Å²) in [5.41, 5.74) is 2.11. The Morgan fingerprint density at radius 1 is 1.50 bits per heavy atom. The molecule has 0 atom stereocenters. The fourth-order valence-corrected chi connectivity index (χ4v) is 1.46. The Bertz CT molecular complexity index is 372. The van der Waals surface area contributed by atoms with Crippen LogP contribution in [-0.2, 0) is 15.4 Å². The van der Waals surface area contributed by atoms with Gasteiger partial charge < -0.3 is 4.74 Å². The highest BCUT2D eigenvalue weighted by molar-refractivity contribution is 6.17. The molecular weight excluding hydrogens is 224 g/mol. The van der Waals surface area contributed by atoms with Gasteiger partial charge in [0.15, 0.2) is 0 Å². The lowest BCUT2D eigenvalue weighted by Gasteiger charge is -1.98. The van der Waals surface area contributed by atoms with Crippen LogP contribution in [0.25, 0.3) is 6.08 Å². The van der Waals surface area contributed by atoms with Crippen molar-refractivity contribution in [2.75, 3.05) is 6.61 Å². The zero-order chi connectivity index (χ0) is 11.8. The molecule has 1 aromatic rings. The van der Waals surface area contributed by atoms with Gasteiger partial charge in [-0.2, -0.15) is 0 Å². The van der Waals surface area contributed by atoms with Gasteiger partial charge in [0.2, 0.25) is 0 Å². The minimum atomic E-state index is -0.202. The van der Waals surface area contributed by atoms with Crippen LogP contribution in [0.2, 0.25) is 0 Å².